The summed E-state index contributed by atoms with van der Waals surface area (Å²) in [6, 6.07) is -0.519. The number of carbonyl (C=O) groups excluding carboxylic acids is 1. The van der Waals surface area contributed by atoms with Crippen LogP contribution >= 0.6 is 0 Å². The number of nitrogens with one attached hydrogen (secondary N) is 3. The topological polar surface area (TPSA) is 88.4 Å². The van der Waals surface area contributed by atoms with Crippen molar-refractivity contribution in [2.75, 3.05) is 0 Å². The highest BCUT2D eigenvalue weighted by Gasteiger charge is 2.33. The van der Waals surface area contributed by atoms with Crippen molar-refractivity contribution >= 4 is 6.03 Å². The van der Waals surface area contributed by atoms with Gasteiger partial charge in [-0.3, -0.25) is 10.3 Å². The minimum Gasteiger partial charge on any atom is -0.276 e. The Morgan fingerprint density at radius 3 is 2.64 bits per heavy atom. The van der Waals surface area contributed by atoms with E-state index in [1.165, 1.54) is 12.8 Å². The first-order chi connectivity index (χ1) is 6.72. The minimum atomic E-state index is -0.519. The number of amides is 2. The third kappa shape index (κ3) is 2.83. The number of hydrazine groups is 2. The molecule has 6 nitrogen and oxygen atoms in total. The Kier molecular flexibility index (Phi) is 4.12. The van der Waals surface area contributed by atoms with Crippen molar-refractivity contribution in [1.29, 1.82) is 0 Å². The molecule has 0 aliphatic heterocycles. The Labute approximate surface area is 83.4 Å². The van der Waals surface area contributed by atoms with Gasteiger partial charge in [0.05, 0.1) is 5.60 Å². The summed E-state index contributed by atoms with van der Waals surface area (Å²) in [6.07, 6.45) is 5.36. The van der Waals surface area contributed by atoms with Crippen molar-refractivity contribution in [3.8, 4) is 0 Å². The molecule has 2 amide bonds. The average Bonchev–Trinajstić information content (AvgIpc) is 2.67. The summed E-state index contributed by atoms with van der Waals surface area (Å²) in [5, 5.41) is 0. The maximum Gasteiger partial charge on any atom is 0.345 e. The number of rotatable bonds is 4. The summed E-state index contributed by atoms with van der Waals surface area (Å²) in [5.74, 6) is 4.87. The largest absolute Gasteiger partial charge is 0.345 e. The molecule has 0 bridgehead atoms. The predicted octanol–water partition coefficient (Wildman–Crippen LogP) is 0.318. The Morgan fingerprint density at radius 2 is 2.14 bits per heavy atom. The van der Waals surface area contributed by atoms with Gasteiger partial charge in [-0.1, -0.05) is 19.8 Å². The molecule has 0 aromatic carbocycles. The molecule has 0 radical (unpaired) electrons. The Balaban J connectivity index is 2.24. The van der Waals surface area contributed by atoms with E-state index in [0.717, 1.165) is 19.3 Å². The van der Waals surface area contributed by atoms with Gasteiger partial charge in [0.1, 0.15) is 0 Å². The minimum absolute atomic E-state index is 0.123. The van der Waals surface area contributed by atoms with Crippen LogP contribution in [0.5, 0.6) is 0 Å². The zero-order chi connectivity index (χ0) is 10.4. The molecule has 1 aliphatic carbocycles. The Hall–Kier alpha value is -0.850. The summed E-state index contributed by atoms with van der Waals surface area (Å²) >= 11 is 0. The lowest BCUT2D eigenvalue weighted by atomic mass is 9.99. The van der Waals surface area contributed by atoms with Crippen LogP contribution in [0.25, 0.3) is 0 Å². The van der Waals surface area contributed by atoms with Gasteiger partial charge >= 0.3 is 6.03 Å². The molecule has 0 saturated heterocycles. The second kappa shape index (κ2) is 5.14. The quantitative estimate of drug-likeness (QED) is 0.300. The van der Waals surface area contributed by atoms with Crippen LogP contribution in [0.3, 0.4) is 0 Å². The molecular formula is C8H18N4O2. The standard InChI is InChI=1S/C8H18N4O2/c1-2-8(5-3-4-6-8)14-12-11-7(13)10-9/h12H,2-6,9H2,1H3,(H2,10,11,13). The van der Waals surface area contributed by atoms with E-state index < -0.39 is 6.03 Å². The van der Waals surface area contributed by atoms with Gasteiger partial charge in [0.25, 0.3) is 0 Å². The number of urea groups is 1. The van der Waals surface area contributed by atoms with Crippen LogP contribution in [0.4, 0.5) is 4.79 Å². The van der Waals surface area contributed by atoms with Crippen LogP contribution in [0.1, 0.15) is 39.0 Å². The van der Waals surface area contributed by atoms with Crippen molar-refractivity contribution in [2.24, 2.45) is 5.84 Å². The van der Waals surface area contributed by atoms with E-state index in [0.29, 0.717) is 0 Å². The highest BCUT2D eigenvalue weighted by atomic mass is 16.7. The summed E-state index contributed by atoms with van der Waals surface area (Å²) in [4.78, 5) is 16.1. The molecule has 1 saturated carbocycles. The number of carbonyl (C=O) groups is 1. The van der Waals surface area contributed by atoms with Gasteiger partial charge in [-0.2, -0.15) is 0 Å². The van der Waals surface area contributed by atoms with E-state index in [2.05, 4.69) is 17.9 Å². The maximum absolute atomic E-state index is 10.7. The molecule has 0 atom stereocenters. The molecule has 0 spiro atoms. The van der Waals surface area contributed by atoms with Crippen molar-refractivity contribution in [2.45, 2.75) is 44.6 Å². The van der Waals surface area contributed by atoms with Crippen LogP contribution < -0.4 is 22.3 Å². The molecule has 1 fully saturated rings. The number of hydrogen-bond donors (Lipinski definition) is 4. The van der Waals surface area contributed by atoms with Crippen molar-refractivity contribution in [1.82, 2.24) is 16.4 Å². The molecule has 14 heavy (non-hydrogen) atoms. The van der Waals surface area contributed by atoms with Crippen molar-refractivity contribution < 1.29 is 9.63 Å². The molecule has 0 heterocycles. The Bertz CT molecular complexity index is 192. The van der Waals surface area contributed by atoms with Gasteiger partial charge in [0, 0.05) is 0 Å². The molecule has 5 N–H and O–H groups in total. The lowest BCUT2D eigenvalue weighted by Crippen LogP contribution is -2.50. The lowest BCUT2D eigenvalue weighted by Gasteiger charge is -2.27. The Morgan fingerprint density at radius 1 is 1.50 bits per heavy atom. The molecule has 82 valence electrons. The van der Waals surface area contributed by atoms with Gasteiger partial charge in [-0.05, 0) is 19.3 Å². The van der Waals surface area contributed by atoms with E-state index in [1.807, 2.05) is 5.43 Å². The molecule has 0 aromatic heterocycles. The third-order valence-corrected chi connectivity index (χ3v) is 2.72. The van der Waals surface area contributed by atoms with Crippen molar-refractivity contribution in [3.05, 3.63) is 0 Å². The highest BCUT2D eigenvalue weighted by Crippen LogP contribution is 2.34. The van der Waals surface area contributed by atoms with Crippen LogP contribution in [0.15, 0.2) is 0 Å². The van der Waals surface area contributed by atoms with Crippen LogP contribution in [-0.4, -0.2) is 11.6 Å². The molecule has 0 aromatic rings. The second-order valence-corrected chi connectivity index (χ2v) is 3.55. The van der Waals surface area contributed by atoms with Gasteiger partial charge in [0.15, 0.2) is 0 Å². The van der Waals surface area contributed by atoms with E-state index >= 15 is 0 Å². The van der Waals surface area contributed by atoms with Gasteiger partial charge in [-0.15, -0.1) is 5.59 Å². The third-order valence-electron chi connectivity index (χ3n) is 2.72. The monoisotopic (exact) mass is 202 g/mol. The van der Waals surface area contributed by atoms with Crippen LogP contribution in [-0.2, 0) is 4.84 Å². The normalized spacial score (nSPS) is 19.3. The summed E-state index contributed by atoms with van der Waals surface area (Å²) in [7, 11) is 0. The van der Waals surface area contributed by atoms with E-state index in [4.69, 9.17) is 10.7 Å². The average molecular weight is 202 g/mol. The van der Waals surface area contributed by atoms with Gasteiger partial charge < -0.3 is 0 Å². The molecule has 1 rings (SSSR count). The number of hydrogen-bond acceptors (Lipinski definition) is 4. The fraction of sp³-hybridized carbons (Fsp3) is 0.875. The van der Waals surface area contributed by atoms with Crippen LogP contribution in [0, 0.1) is 0 Å². The highest BCUT2D eigenvalue weighted by molar-refractivity contribution is 5.72. The first-order valence-corrected chi connectivity index (χ1v) is 4.92. The first-order valence-electron chi connectivity index (χ1n) is 4.92. The summed E-state index contributed by atoms with van der Waals surface area (Å²) < 4.78 is 0. The van der Waals surface area contributed by atoms with E-state index in [1.54, 1.807) is 0 Å². The second-order valence-electron chi connectivity index (χ2n) is 3.55. The van der Waals surface area contributed by atoms with E-state index in [9.17, 15) is 4.79 Å². The SMILES string of the molecule is CCC1(ONNC(=O)NN)CCCC1. The van der Waals surface area contributed by atoms with Gasteiger partial charge in [0.2, 0.25) is 0 Å². The first kappa shape index (κ1) is 11.2. The zero-order valence-corrected chi connectivity index (χ0v) is 8.43. The fourth-order valence-corrected chi connectivity index (χ4v) is 1.76. The lowest BCUT2D eigenvalue weighted by molar-refractivity contribution is -0.117. The molecule has 0 unspecified atom stereocenters. The van der Waals surface area contributed by atoms with E-state index in [-0.39, 0.29) is 5.60 Å². The summed E-state index contributed by atoms with van der Waals surface area (Å²) in [6.45, 7) is 2.08. The molecular weight excluding hydrogens is 184 g/mol. The summed E-state index contributed by atoms with van der Waals surface area (Å²) in [5.41, 5.74) is 6.50. The fourth-order valence-electron chi connectivity index (χ4n) is 1.76. The zero-order valence-electron chi connectivity index (χ0n) is 8.43. The van der Waals surface area contributed by atoms with Crippen molar-refractivity contribution in [3.63, 3.8) is 0 Å². The number of nitrogens with two attached hydrogens (primary N) is 1. The maximum atomic E-state index is 10.7. The smallest absolute Gasteiger partial charge is 0.276 e. The van der Waals surface area contributed by atoms with Crippen LogP contribution in [0.2, 0.25) is 0 Å². The molecule has 1 aliphatic rings. The van der Waals surface area contributed by atoms with Gasteiger partial charge in [-0.25, -0.2) is 16.1 Å². The predicted molar refractivity (Wildman–Crippen MR) is 51.6 cm³/mol. The molecule has 6 heteroatoms.